The van der Waals surface area contributed by atoms with E-state index >= 15 is 0 Å². The zero-order valence-electron chi connectivity index (χ0n) is 15.7. The van der Waals surface area contributed by atoms with Crippen LogP contribution in [-0.4, -0.2) is 12.5 Å². The van der Waals surface area contributed by atoms with Crippen molar-refractivity contribution in [2.24, 2.45) is 17.6 Å². The van der Waals surface area contributed by atoms with E-state index < -0.39 is 0 Å². The van der Waals surface area contributed by atoms with E-state index in [-0.39, 0.29) is 23.7 Å². The van der Waals surface area contributed by atoms with Crippen molar-refractivity contribution in [3.05, 3.63) is 65.5 Å². The number of halogens is 1. The molecule has 2 aromatic carbocycles. The standard InChI is InChI=1S/C22H27FN2O2/c1-15(25-22(26)21-4-2-3-18(21)13-24)17-7-11-20(12-8-17)27-14-16-5-9-19(23)10-6-16/h5-12,15,18,21H,2-4,13-14,24H2,1H3,(H,25,26)/t15?,18-,21-/m1/s1. The second kappa shape index (κ2) is 9.00. The molecule has 0 heterocycles. The molecule has 1 aliphatic rings. The molecule has 0 radical (unpaired) electrons. The molecule has 5 heteroatoms. The number of hydrogen-bond donors (Lipinski definition) is 2. The van der Waals surface area contributed by atoms with Gasteiger partial charge in [0.25, 0.3) is 0 Å². The average Bonchev–Trinajstić information content (AvgIpc) is 3.17. The first-order chi connectivity index (χ1) is 13.1. The minimum atomic E-state index is -0.255. The highest BCUT2D eigenvalue weighted by molar-refractivity contribution is 5.79. The Morgan fingerprint density at radius 2 is 1.89 bits per heavy atom. The van der Waals surface area contributed by atoms with Gasteiger partial charge in [0.15, 0.2) is 0 Å². The second-order valence-electron chi connectivity index (χ2n) is 7.25. The second-order valence-corrected chi connectivity index (χ2v) is 7.25. The van der Waals surface area contributed by atoms with Gasteiger partial charge in [-0.25, -0.2) is 4.39 Å². The molecule has 0 saturated heterocycles. The van der Waals surface area contributed by atoms with Crippen molar-refractivity contribution >= 4 is 5.91 Å². The number of carbonyl (C=O) groups excluding carboxylic acids is 1. The zero-order valence-corrected chi connectivity index (χ0v) is 15.7. The van der Waals surface area contributed by atoms with Crippen molar-refractivity contribution in [3.8, 4) is 5.75 Å². The number of amides is 1. The van der Waals surface area contributed by atoms with Gasteiger partial charge in [-0.05, 0) is 67.6 Å². The zero-order chi connectivity index (χ0) is 19.2. The summed E-state index contributed by atoms with van der Waals surface area (Å²) in [4.78, 5) is 12.5. The van der Waals surface area contributed by atoms with Gasteiger partial charge in [0, 0.05) is 5.92 Å². The fraction of sp³-hybridized carbons (Fsp3) is 0.409. The molecule has 0 aromatic heterocycles. The Kier molecular flexibility index (Phi) is 6.45. The minimum absolute atomic E-state index is 0.0377. The first-order valence-electron chi connectivity index (χ1n) is 9.54. The first-order valence-corrected chi connectivity index (χ1v) is 9.54. The van der Waals surface area contributed by atoms with Gasteiger partial charge >= 0.3 is 0 Å². The molecule has 2 aromatic rings. The Morgan fingerprint density at radius 1 is 1.19 bits per heavy atom. The fourth-order valence-corrected chi connectivity index (χ4v) is 3.67. The molecule has 1 unspecified atom stereocenters. The Labute approximate surface area is 159 Å². The molecule has 1 fully saturated rings. The van der Waals surface area contributed by atoms with Crippen molar-refractivity contribution in [1.29, 1.82) is 0 Å². The van der Waals surface area contributed by atoms with Crippen LogP contribution in [0.5, 0.6) is 5.75 Å². The van der Waals surface area contributed by atoms with Crippen molar-refractivity contribution in [2.45, 2.75) is 38.8 Å². The molecule has 0 bridgehead atoms. The topological polar surface area (TPSA) is 64.4 Å². The van der Waals surface area contributed by atoms with Gasteiger partial charge in [-0.2, -0.15) is 0 Å². The number of ether oxygens (including phenoxy) is 1. The van der Waals surface area contributed by atoms with E-state index in [2.05, 4.69) is 5.32 Å². The highest BCUT2D eigenvalue weighted by Crippen LogP contribution is 2.31. The van der Waals surface area contributed by atoms with Crippen LogP contribution in [0.4, 0.5) is 4.39 Å². The predicted octanol–water partition coefficient (Wildman–Crippen LogP) is 3.96. The summed E-state index contributed by atoms with van der Waals surface area (Å²) in [6.45, 7) is 2.94. The van der Waals surface area contributed by atoms with Gasteiger partial charge in [0.05, 0.1) is 6.04 Å². The molecule has 4 nitrogen and oxygen atoms in total. The lowest BCUT2D eigenvalue weighted by Crippen LogP contribution is -2.36. The van der Waals surface area contributed by atoms with Crippen molar-refractivity contribution in [3.63, 3.8) is 0 Å². The monoisotopic (exact) mass is 370 g/mol. The number of nitrogens with one attached hydrogen (secondary N) is 1. The summed E-state index contributed by atoms with van der Waals surface area (Å²) in [6, 6.07) is 13.9. The van der Waals surface area contributed by atoms with Crippen LogP contribution in [0.2, 0.25) is 0 Å². The Hall–Kier alpha value is -2.40. The maximum atomic E-state index is 12.9. The van der Waals surface area contributed by atoms with E-state index in [1.807, 2.05) is 31.2 Å². The molecular formula is C22H27FN2O2. The van der Waals surface area contributed by atoms with E-state index in [0.29, 0.717) is 19.1 Å². The molecule has 27 heavy (non-hydrogen) atoms. The largest absolute Gasteiger partial charge is 0.489 e. The molecular weight excluding hydrogens is 343 g/mol. The molecule has 0 spiro atoms. The maximum Gasteiger partial charge on any atom is 0.223 e. The SMILES string of the molecule is CC(NC(=O)[C@@H]1CCC[C@@H]1CN)c1ccc(OCc2ccc(F)cc2)cc1. The summed E-state index contributed by atoms with van der Waals surface area (Å²) in [5.74, 6) is 0.928. The molecule has 1 saturated carbocycles. The van der Waals surface area contributed by atoms with Crippen molar-refractivity contribution in [2.75, 3.05) is 6.54 Å². The lowest BCUT2D eigenvalue weighted by Gasteiger charge is -2.21. The lowest BCUT2D eigenvalue weighted by molar-refractivity contribution is -0.126. The van der Waals surface area contributed by atoms with Crippen LogP contribution in [0.25, 0.3) is 0 Å². The third-order valence-electron chi connectivity index (χ3n) is 5.36. The Morgan fingerprint density at radius 3 is 2.56 bits per heavy atom. The first kappa shape index (κ1) is 19.4. The van der Waals surface area contributed by atoms with Crippen LogP contribution in [0.1, 0.15) is 43.4 Å². The van der Waals surface area contributed by atoms with Crippen LogP contribution in [-0.2, 0) is 11.4 Å². The summed E-state index contributed by atoms with van der Waals surface area (Å²) >= 11 is 0. The summed E-state index contributed by atoms with van der Waals surface area (Å²) in [7, 11) is 0. The minimum Gasteiger partial charge on any atom is -0.489 e. The molecule has 3 rings (SSSR count). The van der Waals surface area contributed by atoms with Gasteiger partial charge in [-0.3, -0.25) is 4.79 Å². The van der Waals surface area contributed by atoms with Crippen molar-refractivity contribution < 1.29 is 13.9 Å². The number of benzene rings is 2. The molecule has 3 atom stereocenters. The summed E-state index contributed by atoms with van der Waals surface area (Å²) in [5, 5.41) is 3.11. The van der Waals surface area contributed by atoms with Crippen LogP contribution >= 0.6 is 0 Å². The van der Waals surface area contributed by atoms with E-state index in [1.54, 1.807) is 12.1 Å². The van der Waals surface area contributed by atoms with Crippen LogP contribution < -0.4 is 15.8 Å². The van der Waals surface area contributed by atoms with Gasteiger partial charge in [0.1, 0.15) is 18.2 Å². The molecule has 0 aliphatic heterocycles. The summed E-state index contributed by atoms with van der Waals surface area (Å²) in [6.07, 6.45) is 3.05. The predicted molar refractivity (Wildman–Crippen MR) is 104 cm³/mol. The summed E-state index contributed by atoms with van der Waals surface area (Å²) < 4.78 is 18.7. The van der Waals surface area contributed by atoms with E-state index in [0.717, 1.165) is 36.1 Å². The van der Waals surface area contributed by atoms with E-state index in [1.165, 1.54) is 12.1 Å². The maximum absolute atomic E-state index is 12.9. The number of rotatable bonds is 7. The smallest absolute Gasteiger partial charge is 0.223 e. The van der Waals surface area contributed by atoms with Crippen LogP contribution in [0.3, 0.4) is 0 Å². The van der Waals surface area contributed by atoms with Crippen LogP contribution in [0.15, 0.2) is 48.5 Å². The molecule has 3 N–H and O–H groups in total. The Balaban J connectivity index is 1.53. The van der Waals surface area contributed by atoms with Gasteiger partial charge in [-0.15, -0.1) is 0 Å². The molecule has 1 amide bonds. The third kappa shape index (κ3) is 5.07. The normalized spacial score (nSPS) is 20.3. The van der Waals surface area contributed by atoms with Gasteiger partial charge in [-0.1, -0.05) is 30.7 Å². The number of carbonyl (C=O) groups is 1. The Bertz CT molecular complexity index is 746. The van der Waals surface area contributed by atoms with Gasteiger partial charge < -0.3 is 15.8 Å². The third-order valence-corrected chi connectivity index (χ3v) is 5.36. The van der Waals surface area contributed by atoms with E-state index in [9.17, 15) is 9.18 Å². The average molecular weight is 370 g/mol. The fourth-order valence-electron chi connectivity index (χ4n) is 3.67. The highest BCUT2D eigenvalue weighted by atomic mass is 19.1. The van der Waals surface area contributed by atoms with E-state index in [4.69, 9.17) is 10.5 Å². The molecule has 144 valence electrons. The van der Waals surface area contributed by atoms with Crippen LogP contribution in [0, 0.1) is 17.7 Å². The quantitative estimate of drug-likeness (QED) is 0.775. The summed E-state index contributed by atoms with van der Waals surface area (Å²) in [5.41, 5.74) is 7.72. The van der Waals surface area contributed by atoms with Gasteiger partial charge in [0.2, 0.25) is 5.91 Å². The highest BCUT2D eigenvalue weighted by Gasteiger charge is 2.32. The van der Waals surface area contributed by atoms with Crippen molar-refractivity contribution in [1.82, 2.24) is 5.32 Å². The molecule has 1 aliphatic carbocycles. The number of nitrogens with two attached hydrogens (primary N) is 1. The lowest BCUT2D eigenvalue weighted by atomic mass is 9.94. The number of hydrogen-bond acceptors (Lipinski definition) is 3.